The topological polar surface area (TPSA) is 79.2 Å². The molecule has 0 saturated heterocycles. The molecule has 0 radical (unpaired) electrons. The summed E-state index contributed by atoms with van der Waals surface area (Å²) in [5, 5.41) is 10.8. The standard InChI is InChI=1S/C16H35BrN4O/c17-9-3-1-2-8-16(22)21-15-7-14-20-12-5-4-11-19-13-6-10-18/h19-20H,1-15,18H2,(H,21,22). The molecule has 0 fully saturated rings. The van der Waals surface area contributed by atoms with Crippen molar-refractivity contribution in [3.8, 4) is 0 Å². The molecule has 0 aliphatic heterocycles. The highest BCUT2D eigenvalue weighted by atomic mass is 79.9. The van der Waals surface area contributed by atoms with Crippen molar-refractivity contribution in [2.24, 2.45) is 5.73 Å². The number of unbranched alkanes of at least 4 members (excludes halogenated alkanes) is 3. The van der Waals surface area contributed by atoms with Gasteiger partial charge in [-0.3, -0.25) is 4.79 Å². The number of carbonyl (C=O) groups excluding carboxylic acids is 1. The van der Waals surface area contributed by atoms with Gasteiger partial charge in [0, 0.05) is 18.3 Å². The van der Waals surface area contributed by atoms with Crippen molar-refractivity contribution in [2.75, 3.05) is 44.6 Å². The molecule has 22 heavy (non-hydrogen) atoms. The molecule has 0 rings (SSSR count). The van der Waals surface area contributed by atoms with Crippen LogP contribution in [0.3, 0.4) is 0 Å². The predicted octanol–water partition coefficient (Wildman–Crippen LogP) is 1.76. The van der Waals surface area contributed by atoms with Gasteiger partial charge in [-0.1, -0.05) is 22.4 Å². The maximum absolute atomic E-state index is 11.5. The van der Waals surface area contributed by atoms with Crippen molar-refractivity contribution >= 4 is 21.8 Å². The highest BCUT2D eigenvalue weighted by molar-refractivity contribution is 9.09. The molecule has 0 aliphatic carbocycles. The summed E-state index contributed by atoms with van der Waals surface area (Å²) in [6.45, 7) is 5.68. The zero-order chi connectivity index (χ0) is 16.3. The fourth-order valence-electron chi connectivity index (χ4n) is 2.06. The number of nitrogens with two attached hydrogens (primary N) is 1. The molecule has 5 N–H and O–H groups in total. The highest BCUT2D eigenvalue weighted by Crippen LogP contribution is 2.01. The Kier molecular flexibility index (Phi) is 18.7. The Labute approximate surface area is 144 Å². The van der Waals surface area contributed by atoms with E-state index in [1.54, 1.807) is 0 Å². The van der Waals surface area contributed by atoms with Gasteiger partial charge < -0.3 is 21.7 Å². The molecule has 0 heterocycles. The van der Waals surface area contributed by atoms with E-state index in [4.69, 9.17) is 5.73 Å². The van der Waals surface area contributed by atoms with Crippen molar-refractivity contribution in [3.63, 3.8) is 0 Å². The van der Waals surface area contributed by atoms with Crippen LogP contribution in [0.2, 0.25) is 0 Å². The van der Waals surface area contributed by atoms with Crippen molar-refractivity contribution < 1.29 is 4.79 Å². The van der Waals surface area contributed by atoms with Gasteiger partial charge in [-0.15, -0.1) is 0 Å². The van der Waals surface area contributed by atoms with Crippen LogP contribution in [0.15, 0.2) is 0 Å². The van der Waals surface area contributed by atoms with Crippen LogP contribution in [0.5, 0.6) is 0 Å². The van der Waals surface area contributed by atoms with Crippen molar-refractivity contribution in [1.29, 1.82) is 0 Å². The molecular weight excluding hydrogens is 344 g/mol. The third-order valence-electron chi connectivity index (χ3n) is 3.40. The second-order valence-corrected chi connectivity index (χ2v) is 6.35. The summed E-state index contributed by atoms with van der Waals surface area (Å²) in [6.07, 6.45) is 8.38. The average Bonchev–Trinajstić information content (AvgIpc) is 2.52. The molecule has 0 aromatic rings. The van der Waals surface area contributed by atoms with Crippen LogP contribution in [-0.2, 0) is 4.79 Å². The normalized spacial score (nSPS) is 10.8. The molecule has 0 atom stereocenters. The van der Waals surface area contributed by atoms with Crippen LogP contribution in [0.1, 0.15) is 51.4 Å². The molecule has 1 amide bonds. The summed E-state index contributed by atoms with van der Waals surface area (Å²) >= 11 is 3.40. The number of nitrogens with one attached hydrogen (secondary N) is 3. The van der Waals surface area contributed by atoms with Crippen LogP contribution < -0.4 is 21.7 Å². The first-order chi connectivity index (χ1) is 10.8. The van der Waals surface area contributed by atoms with Crippen molar-refractivity contribution in [1.82, 2.24) is 16.0 Å². The molecule has 0 unspecified atom stereocenters. The van der Waals surface area contributed by atoms with Crippen molar-refractivity contribution in [2.45, 2.75) is 51.4 Å². The van der Waals surface area contributed by atoms with E-state index in [0.29, 0.717) is 6.42 Å². The molecule has 0 aromatic carbocycles. The Bertz CT molecular complexity index is 242. The van der Waals surface area contributed by atoms with Crippen LogP contribution in [-0.4, -0.2) is 50.5 Å². The van der Waals surface area contributed by atoms with E-state index < -0.39 is 0 Å². The Balaban J connectivity index is 3.08. The monoisotopic (exact) mass is 378 g/mol. The fraction of sp³-hybridized carbons (Fsp3) is 0.938. The Morgan fingerprint density at radius 3 is 2.05 bits per heavy atom. The SMILES string of the molecule is NCCCNCCCCNCCCNC(=O)CCCCCBr. The molecule has 0 bridgehead atoms. The van der Waals surface area contributed by atoms with Gasteiger partial charge in [0.2, 0.25) is 5.91 Å². The van der Waals surface area contributed by atoms with E-state index in [0.717, 1.165) is 76.7 Å². The quantitative estimate of drug-likeness (QED) is 0.229. The highest BCUT2D eigenvalue weighted by Gasteiger charge is 1.99. The lowest BCUT2D eigenvalue weighted by Crippen LogP contribution is -2.27. The van der Waals surface area contributed by atoms with Gasteiger partial charge in [-0.2, -0.15) is 0 Å². The Morgan fingerprint density at radius 2 is 1.41 bits per heavy atom. The smallest absolute Gasteiger partial charge is 0.219 e. The van der Waals surface area contributed by atoms with E-state index in [-0.39, 0.29) is 5.91 Å². The number of rotatable bonds is 17. The van der Waals surface area contributed by atoms with Gasteiger partial charge in [-0.25, -0.2) is 0 Å². The first-order valence-electron chi connectivity index (χ1n) is 8.75. The summed E-state index contributed by atoms with van der Waals surface area (Å²) in [4.78, 5) is 11.5. The molecule has 132 valence electrons. The molecule has 5 nitrogen and oxygen atoms in total. The van der Waals surface area contributed by atoms with Gasteiger partial charge in [-0.05, 0) is 71.2 Å². The number of amides is 1. The molecule has 0 aromatic heterocycles. The minimum absolute atomic E-state index is 0.193. The first-order valence-corrected chi connectivity index (χ1v) is 9.87. The number of halogens is 1. The van der Waals surface area contributed by atoms with E-state index in [2.05, 4.69) is 31.9 Å². The maximum atomic E-state index is 11.5. The molecule has 0 spiro atoms. The second kappa shape index (κ2) is 18.9. The number of hydrogen-bond acceptors (Lipinski definition) is 4. The number of carbonyl (C=O) groups is 1. The Morgan fingerprint density at radius 1 is 0.773 bits per heavy atom. The third-order valence-corrected chi connectivity index (χ3v) is 3.97. The third kappa shape index (κ3) is 17.9. The molecule has 6 heteroatoms. The predicted molar refractivity (Wildman–Crippen MR) is 98.5 cm³/mol. The Hall–Kier alpha value is -0.170. The van der Waals surface area contributed by atoms with E-state index in [9.17, 15) is 4.79 Å². The summed E-state index contributed by atoms with van der Waals surface area (Å²) in [5.41, 5.74) is 5.43. The molecular formula is C16H35BrN4O. The lowest BCUT2D eigenvalue weighted by atomic mass is 10.2. The largest absolute Gasteiger partial charge is 0.356 e. The van der Waals surface area contributed by atoms with Gasteiger partial charge in [0.05, 0.1) is 0 Å². The lowest BCUT2D eigenvalue weighted by molar-refractivity contribution is -0.121. The maximum Gasteiger partial charge on any atom is 0.219 e. The van der Waals surface area contributed by atoms with Gasteiger partial charge in [0.15, 0.2) is 0 Å². The van der Waals surface area contributed by atoms with Gasteiger partial charge >= 0.3 is 0 Å². The lowest BCUT2D eigenvalue weighted by Gasteiger charge is -2.07. The first kappa shape index (κ1) is 21.8. The van der Waals surface area contributed by atoms with E-state index >= 15 is 0 Å². The molecule has 0 saturated carbocycles. The second-order valence-electron chi connectivity index (χ2n) is 5.55. The van der Waals surface area contributed by atoms with Crippen LogP contribution >= 0.6 is 15.9 Å². The average molecular weight is 379 g/mol. The van der Waals surface area contributed by atoms with Crippen LogP contribution in [0, 0.1) is 0 Å². The van der Waals surface area contributed by atoms with Crippen LogP contribution in [0.25, 0.3) is 0 Å². The number of hydrogen-bond donors (Lipinski definition) is 4. The summed E-state index contributed by atoms with van der Waals surface area (Å²) in [5.74, 6) is 0.193. The van der Waals surface area contributed by atoms with E-state index in [1.165, 1.54) is 12.8 Å². The fourth-order valence-corrected chi connectivity index (χ4v) is 2.46. The minimum atomic E-state index is 0.193. The van der Waals surface area contributed by atoms with E-state index in [1.807, 2.05) is 0 Å². The van der Waals surface area contributed by atoms with Crippen LogP contribution in [0.4, 0.5) is 0 Å². The van der Waals surface area contributed by atoms with Gasteiger partial charge in [0.1, 0.15) is 0 Å². The zero-order valence-electron chi connectivity index (χ0n) is 14.0. The summed E-state index contributed by atoms with van der Waals surface area (Å²) < 4.78 is 0. The minimum Gasteiger partial charge on any atom is -0.356 e. The molecule has 0 aliphatic rings. The van der Waals surface area contributed by atoms with Crippen molar-refractivity contribution in [3.05, 3.63) is 0 Å². The van der Waals surface area contributed by atoms with Gasteiger partial charge in [0.25, 0.3) is 0 Å². The summed E-state index contributed by atoms with van der Waals surface area (Å²) in [7, 11) is 0. The zero-order valence-corrected chi connectivity index (χ0v) is 15.6. The summed E-state index contributed by atoms with van der Waals surface area (Å²) in [6, 6.07) is 0. The number of alkyl halides is 1.